The second-order valence-electron chi connectivity index (χ2n) is 5.45. The van der Waals surface area contributed by atoms with Gasteiger partial charge in [0.2, 0.25) is 0 Å². The number of hydrogen-bond acceptors (Lipinski definition) is 4. The number of furan rings is 1. The largest absolute Gasteiger partial charge is 0.493 e. The van der Waals surface area contributed by atoms with Crippen LogP contribution in [0.5, 0.6) is 11.5 Å². The third-order valence-electron chi connectivity index (χ3n) is 3.88. The molecule has 0 aliphatic rings. The average molecular weight is 326 g/mol. The van der Waals surface area contributed by atoms with Gasteiger partial charge >= 0.3 is 5.97 Å². The van der Waals surface area contributed by atoms with Gasteiger partial charge in [0, 0.05) is 17.4 Å². The number of methoxy groups -OCH3 is 2. The number of benzene rings is 2. The van der Waals surface area contributed by atoms with Crippen LogP contribution >= 0.6 is 0 Å². The lowest BCUT2D eigenvalue weighted by Gasteiger charge is -2.08. The van der Waals surface area contributed by atoms with Crippen molar-refractivity contribution in [3.63, 3.8) is 0 Å². The number of aryl methyl sites for hydroxylation is 1. The number of carboxylic acids is 1. The minimum absolute atomic E-state index is 0.117. The molecule has 24 heavy (non-hydrogen) atoms. The van der Waals surface area contributed by atoms with Gasteiger partial charge in [-0.15, -0.1) is 0 Å². The molecule has 1 N–H and O–H groups in total. The number of aliphatic carboxylic acids is 1. The summed E-state index contributed by atoms with van der Waals surface area (Å²) in [6.07, 6.45) is 0.619. The number of rotatable bonds is 6. The van der Waals surface area contributed by atoms with Crippen LogP contribution in [0.4, 0.5) is 0 Å². The second-order valence-corrected chi connectivity index (χ2v) is 5.45. The average Bonchev–Trinajstić information content (AvgIpc) is 3.02. The van der Waals surface area contributed by atoms with E-state index in [1.807, 2.05) is 42.5 Å². The van der Waals surface area contributed by atoms with Gasteiger partial charge in [-0.3, -0.25) is 4.79 Å². The Hall–Kier alpha value is -2.95. The fourth-order valence-corrected chi connectivity index (χ4v) is 2.63. The summed E-state index contributed by atoms with van der Waals surface area (Å²) >= 11 is 0. The Balaban J connectivity index is 1.94. The monoisotopic (exact) mass is 326 g/mol. The van der Waals surface area contributed by atoms with Gasteiger partial charge in [-0.25, -0.2) is 0 Å². The number of carboxylic acid groups (broad SMARTS) is 1. The van der Waals surface area contributed by atoms with Crippen molar-refractivity contribution in [1.29, 1.82) is 0 Å². The SMILES string of the molecule is COc1ccc(-c2cc3cc(CCC(=O)O)ccc3o2)cc1OC. The molecule has 0 radical (unpaired) electrons. The first-order valence-corrected chi connectivity index (χ1v) is 7.57. The molecule has 0 bridgehead atoms. The predicted octanol–water partition coefficient (Wildman–Crippen LogP) is 4.13. The summed E-state index contributed by atoms with van der Waals surface area (Å²) in [4.78, 5) is 10.7. The predicted molar refractivity (Wildman–Crippen MR) is 90.7 cm³/mol. The van der Waals surface area contributed by atoms with Crippen LogP contribution in [0.25, 0.3) is 22.3 Å². The maximum absolute atomic E-state index is 10.7. The number of ether oxygens (including phenoxy) is 2. The Morgan fingerprint density at radius 2 is 1.83 bits per heavy atom. The topological polar surface area (TPSA) is 68.9 Å². The van der Waals surface area contributed by atoms with Crippen molar-refractivity contribution >= 4 is 16.9 Å². The molecule has 2 aromatic carbocycles. The van der Waals surface area contributed by atoms with Gasteiger partial charge < -0.3 is 19.0 Å². The van der Waals surface area contributed by atoms with Crippen molar-refractivity contribution in [2.75, 3.05) is 14.2 Å². The maximum Gasteiger partial charge on any atom is 0.303 e. The Morgan fingerprint density at radius 1 is 1.04 bits per heavy atom. The molecule has 0 aliphatic carbocycles. The summed E-state index contributed by atoms with van der Waals surface area (Å²) in [6.45, 7) is 0. The quantitative estimate of drug-likeness (QED) is 0.737. The molecule has 3 aromatic rings. The molecular weight excluding hydrogens is 308 g/mol. The van der Waals surface area contributed by atoms with Gasteiger partial charge in [-0.05, 0) is 48.4 Å². The van der Waals surface area contributed by atoms with Gasteiger partial charge in [-0.1, -0.05) is 6.07 Å². The van der Waals surface area contributed by atoms with E-state index in [0.717, 1.165) is 27.9 Å². The van der Waals surface area contributed by atoms with Crippen LogP contribution in [0.1, 0.15) is 12.0 Å². The Bertz CT molecular complexity index is 879. The van der Waals surface area contributed by atoms with E-state index in [2.05, 4.69) is 0 Å². The minimum Gasteiger partial charge on any atom is -0.493 e. The molecule has 3 rings (SSSR count). The summed E-state index contributed by atoms with van der Waals surface area (Å²) in [5, 5.41) is 9.74. The van der Waals surface area contributed by atoms with E-state index in [4.69, 9.17) is 19.0 Å². The van der Waals surface area contributed by atoms with Crippen molar-refractivity contribution in [1.82, 2.24) is 0 Å². The van der Waals surface area contributed by atoms with E-state index in [1.165, 1.54) is 0 Å². The molecule has 5 nitrogen and oxygen atoms in total. The highest BCUT2D eigenvalue weighted by molar-refractivity contribution is 5.84. The zero-order valence-electron chi connectivity index (χ0n) is 13.5. The Morgan fingerprint density at radius 3 is 2.54 bits per heavy atom. The Labute approximate surface area is 139 Å². The molecule has 0 atom stereocenters. The lowest BCUT2D eigenvalue weighted by atomic mass is 10.1. The van der Waals surface area contributed by atoms with Crippen LogP contribution in [0, 0.1) is 0 Å². The fourth-order valence-electron chi connectivity index (χ4n) is 2.63. The van der Waals surface area contributed by atoms with E-state index in [1.54, 1.807) is 14.2 Å². The van der Waals surface area contributed by atoms with Crippen molar-refractivity contribution < 1.29 is 23.8 Å². The molecule has 0 fully saturated rings. The van der Waals surface area contributed by atoms with E-state index in [-0.39, 0.29) is 6.42 Å². The zero-order chi connectivity index (χ0) is 17.1. The summed E-state index contributed by atoms with van der Waals surface area (Å²) in [5.41, 5.74) is 2.62. The van der Waals surface area contributed by atoms with E-state index >= 15 is 0 Å². The standard InChI is InChI=1S/C19H18O5/c1-22-16-7-5-13(10-18(16)23-2)17-11-14-9-12(4-8-19(20)21)3-6-15(14)24-17/h3,5-7,9-11H,4,8H2,1-2H3,(H,20,21). The molecule has 0 saturated carbocycles. The number of carbonyl (C=O) groups is 1. The summed E-state index contributed by atoms with van der Waals surface area (Å²) in [6, 6.07) is 13.3. The van der Waals surface area contributed by atoms with Crippen molar-refractivity contribution in [3.8, 4) is 22.8 Å². The summed E-state index contributed by atoms with van der Waals surface area (Å²) < 4.78 is 16.5. The van der Waals surface area contributed by atoms with Gasteiger partial charge in [-0.2, -0.15) is 0 Å². The molecule has 1 heterocycles. The van der Waals surface area contributed by atoms with Crippen LogP contribution in [-0.2, 0) is 11.2 Å². The number of hydrogen-bond donors (Lipinski definition) is 1. The van der Waals surface area contributed by atoms with Gasteiger partial charge in [0.15, 0.2) is 11.5 Å². The normalized spacial score (nSPS) is 10.8. The van der Waals surface area contributed by atoms with Gasteiger partial charge in [0.05, 0.1) is 14.2 Å². The summed E-state index contributed by atoms with van der Waals surface area (Å²) in [7, 11) is 3.19. The van der Waals surface area contributed by atoms with Crippen molar-refractivity contribution in [2.45, 2.75) is 12.8 Å². The molecule has 0 saturated heterocycles. The summed E-state index contributed by atoms with van der Waals surface area (Å²) in [5.74, 6) is 1.22. The lowest BCUT2D eigenvalue weighted by molar-refractivity contribution is -0.136. The molecule has 0 aliphatic heterocycles. The van der Waals surface area contributed by atoms with Crippen molar-refractivity contribution in [2.24, 2.45) is 0 Å². The lowest BCUT2D eigenvalue weighted by Crippen LogP contribution is -1.96. The second kappa shape index (κ2) is 6.66. The highest BCUT2D eigenvalue weighted by Crippen LogP contribution is 2.35. The van der Waals surface area contributed by atoms with E-state index < -0.39 is 5.97 Å². The number of fused-ring (bicyclic) bond motifs is 1. The highest BCUT2D eigenvalue weighted by atomic mass is 16.5. The van der Waals surface area contributed by atoms with Crippen LogP contribution in [0.3, 0.4) is 0 Å². The fraction of sp³-hybridized carbons (Fsp3) is 0.211. The highest BCUT2D eigenvalue weighted by Gasteiger charge is 2.11. The maximum atomic E-state index is 10.7. The smallest absolute Gasteiger partial charge is 0.303 e. The molecule has 124 valence electrons. The minimum atomic E-state index is -0.798. The molecule has 0 unspecified atom stereocenters. The zero-order valence-corrected chi connectivity index (χ0v) is 13.5. The molecule has 1 aromatic heterocycles. The van der Waals surface area contributed by atoms with Gasteiger partial charge in [0.1, 0.15) is 11.3 Å². The first kappa shape index (κ1) is 15.9. The molecular formula is C19H18O5. The first-order chi connectivity index (χ1) is 11.6. The van der Waals surface area contributed by atoms with Crippen molar-refractivity contribution in [3.05, 3.63) is 48.0 Å². The molecule has 0 spiro atoms. The molecule has 5 heteroatoms. The van der Waals surface area contributed by atoms with Crippen LogP contribution in [0.2, 0.25) is 0 Å². The van der Waals surface area contributed by atoms with E-state index in [9.17, 15) is 4.79 Å². The third-order valence-corrected chi connectivity index (χ3v) is 3.88. The van der Waals surface area contributed by atoms with Crippen LogP contribution in [-0.4, -0.2) is 25.3 Å². The van der Waals surface area contributed by atoms with Gasteiger partial charge in [0.25, 0.3) is 0 Å². The van der Waals surface area contributed by atoms with Crippen LogP contribution < -0.4 is 9.47 Å². The van der Waals surface area contributed by atoms with E-state index in [0.29, 0.717) is 17.9 Å². The molecule has 0 amide bonds. The van der Waals surface area contributed by atoms with Crippen LogP contribution in [0.15, 0.2) is 46.9 Å². The first-order valence-electron chi connectivity index (χ1n) is 7.57. The Kier molecular flexibility index (Phi) is 4.42. The third kappa shape index (κ3) is 3.20.